The molecule has 2 aliphatic heterocycles. The Hall–Kier alpha value is -4.45. The third kappa shape index (κ3) is 3.98. The molecule has 1 amide bonds. The van der Waals surface area contributed by atoms with Crippen LogP contribution in [0.5, 0.6) is 0 Å². The lowest BCUT2D eigenvalue weighted by atomic mass is 9.92. The lowest BCUT2D eigenvalue weighted by Crippen LogP contribution is -2.34. The normalized spacial score (nSPS) is 16.8. The number of alkyl halides is 3. The number of pyridine rings is 1. The lowest BCUT2D eigenvalue weighted by molar-refractivity contribution is -0.141. The molecule has 1 atom stereocenters. The molecule has 0 spiro atoms. The Morgan fingerprint density at radius 3 is 2.70 bits per heavy atom. The molecule has 2 aliphatic rings. The molecule has 202 valence electrons. The summed E-state index contributed by atoms with van der Waals surface area (Å²) in [4.78, 5) is 23.2. The Bertz CT molecular complexity index is 1830. The highest BCUT2D eigenvalue weighted by Gasteiger charge is 2.38. The predicted molar refractivity (Wildman–Crippen MR) is 137 cm³/mol. The highest BCUT2D eigenvalue weighted by molar-refractivity contribution is 6.31. The van der Waals surface area contributed by atoms with E-state index in [0.717, 1.165) is 11.8 Å². The second-order valence-corrected chi connectivity index (χ2v) is 10.1. The van der Waals surface area contributed by atoms with Gasteiger partial charge in [0.05, 0.1) is 12.6 Å². The van der Waals surface area contributed by atoms with Gasteiger partial charge in [-0.25, -0.2) is 18.9 Å². The summed E-state index contributed by atoms with van der Waals surface area (Å²) in [7, 11) is 0. The number of carbonyl (C=O) groups excluding carboxylic acids is 1. The van der Waals surface area contributed by atoms with E-state index in [0.29, 0.717) is 40.1 Å². The Morgan fingerprint density at radius 1 is 1.02 bits per heavy atom. The molecule has 7 rings (SSSR count). The number of hydrogen-bond acceptors (Lipinski definition) is 5. The smallest absolute Gasteiger partial charge is 0.362 e. The fourth-order valence-electron chi connectivity index (χ4n) is 5.39. The van der Waals surface area contributed by atoms with E-state index in [9.17, 15) is 22.4 Å². The van der Waals surface area contributed by atoms with Crippen molar-refractivity contribution in [1.29, 1.82) is 0 Å². The van der Waals surface area contributed by atoms with Gasteiger partial charge in [0.2, 0.25) is 0 Å². The Kier molecular flexibility index (Phi) is 5.40. The minimum atomic E-state index is -4.56. The summed E-state index contributed by atoms with van der Waals surface area (Å²) in [6.45, 7) is 0.692. The van der Waals surface area contributed by atoms with Gasteiger partial charge < -0.3 is 14.8 Å². The third-order valence-electron chi connectivity index (χ3n) is 7.28. The van der Waals surface area contributed by atoms with Crippen LogP contribution in [0.3, 0.4) is 0 Å². The number of rotatable bonds is 3. The van der Waals surface area contributed by atoms with E-state index in [4.69, 9.17) is 11.6 Å². The number of halogens is 5. The second kappa shape index (κ2) is 8.78. The SMILES string of the molecule is O=C1NC(c2cc(F)ccc2Cl)c2c1cc(-c1ccc3ncnn3c1)cc2N1CCn2cc(C(F)(F)F)nc2C1. The molecule has 0 saturated carbocycles. The van der Waals surface area contributed by atoms with Crippen LogP contribution in [0, 0.1) is 5.82 Å². The number of amides is 1. The second-order valence-electron chi connectivity index (χ2n) is 9.66. The molecule has 13 heteroatoms. The molecule has 1 unspecified atom stereocenters. The van der Waals surface area contributed by atoms with Gasteiger partial charge in [-0.15, -0.1) is 0 Å². The lowest BCUT2D eigenvalue weighted by Gasteiger charge is -2.32. The highest BCUT2D eigenvalue weighted by Crippen LogP contribution is 2.44. The van der Waals surface area contributed by atoms with Gasteiger partial charge in [-0.1, -0.05) is 11.6 Å². The minimum Gasteiger partial charge on any atom is -0.362 e. The standard InChI is InChI=1S/C27H18ClF4N7O/c28-19-3-2-16(29)9-17(19)25-24-18(26(40)36-25)7-15(14-1-4-22-33-13-34-39(22)10-14)8-20(24)37-5-6-38-11-21(27(30,31)32)35-23(38)12-37/h1-4,7-11,13,25H,5-6,12H2,(H,36,40). The Labute approximate surface area is 228 Å². The fraction of sp³-hybridized carbons (Fsp3) is 0.185. The monoisotopic (exact) mass is 567 g/mol. The van der Waals surface area contributed by atoms with Gasteiger partial charge in [0, 0.05) is 58.4 Å². The molecule has 5 heterocycles. The first-order valence-electron chi connectivity index (χ1n) is 12.3. The predicted octanol–water partition coefficient (Wildman–Crippen LogP) is 5.26. The molecule has 2 aromatic carbocycles. The molecule has 3 aromatic heterocycles. The van der Waals surface area contributed by atoms with E-state index in [2.05, 4.69) is 20.4 Å². The number of benzene rings is 2. The van der Waals surface area contributed by atoms with Gasteiger partial charge in [0.25, 0.3) is 5.91 Å². The maximum Gasteiger partial charge on any atom is 0.434 e. The van der Waals surface area contributed by atoms with Crippen molar-refractivity contribution in [2.75, 3.05) is 11.4 Å². The maximum atomic E-state index is 14.3. The van der Waals surface area contributed by atoms with E-state index in [1.54, 1.807) is 22.8 Å². The summed E-state index contributed by atoms with van der Waals surface area (Å²) >= 11 is 6.45. The summed E-state index contributed by atoms with van der Waals surface area (Å²) < 4.78 is 57.5. The number of imidazole rings is 1. The van der Waals surface area contributed by atoms with Gasteiger partial charge >= 0.3 is 6.18 Å². The first-order valence-corrected chi connectivity index (χ1v) is 12.7. The van der Waals surface area contributed by atoms with Crippen LogP contribution >= 0.6 is 11.6 Å². The zero-order valence-electron chi connectivity index (χ0n) is 20.5. The van der Waals surface area contributed by atoms with Crippen molar-refractivity contribution in [2.24, 2.45) is 0 Å². The van der Waals surface area contributed by atoms with Crippen molar-refractivity contribution in [1.82, 2.24) is 29.5 Å². The van der Waals surface area contributed by atoms with Crippen molar-refractivity contribution in [3.63, 3.8) is 0 Å². The maximum absolute atomic E-state index is 14.3. The summed E-state index contributed by atoms with van der Waals surface area (Å²) in [6.07, 6.45) is -0.341. The van der Waals surface area contributed by atoms with E-state index < -0.39 is 23.7 Å². The molecule has 0 radical (unpaired) electrons. The van der Waals surface area contributed by atoms with Crippen molar-refractivity contribution < 1.29 is 22.4 Å². The number of hydrogen-bond donors (Lipinski definition) is 1. The number of fused-ring (bicyclic) bond motifs is 3. The molecule has 8 nitrogen and oxygen atoms in total. The minimum absolute atomic E-state index is 0.0753. The van der Waals surface area contributed by atoms with Crippen LogP contribution in [0.15, 0.2) is 61.2 Å². The highest BCUT2D eigenvalue weighted by atomic mass is 35.5. The molecule has 0 bridgehead atoms. The van der Waals surface area contributed by atoms with Gasteiger partial charge in [-0.2, -0.15) is 18.3 Å². The quantitative estimate of drug-likeness (QED) is 0.301. The summed E-state index contributed by atoms with van der Waals surface area (Å²) in [5, 5.41) is 7.37. The fourth-order valence-corrected chi connectivity index (χ4v) is 5.62. The number of aromatic nitrogens is 5. The molecular weight excluding hydrogens is 550 g/mol. The number of nitrogens with one attached hydrogen (secondary N) is 1. The largest absolute Gasteiger partial charge is 0.434 e. The van der Waals surface area contributed by atoms with E-state index in [1.165, 1.54) is 29.1 Å². The van der Waals surface area contributed by atoms with Crippen molar-refractivity contribution >= 4 is 28.8 Å². The van der Waals surface area contributed by atoms with Crippen LogP contribution in [-0.4, -0.2) is 36.6 Å². The first-order chi connectivity index (χ1) is 19.2. The zero-order chi connectivity index (χ0) is 27.8. The number of carbonyl (C=O) groups is 1. The topological polar surface area (TPSA) is 80.4 Å². The van der Waals surface area contributed by atoms with Crippen LogP contribution in [-0.2, 0) is 19.3 Å². The average molecular weight is 568 g/mol. The van der Waals surface area contributed by atoms with Crippen molar-refractivity contribution in [3.05, 3.63) is 100 Å². The van der Waals surface area contributed by atoms with E-state index >= 15 is 0 Å². The van der Waals surface area contributed by atoms with Crippen LogP contribution in [0.1, 0.15) is 39.0 Å². The van der Waals surface area contributed by atoms with Crippen molar-refractivity contribution in [2.45, 2.75) is 25.3 Å². The average Bonchev–Trinajstić information content (AvgIpc) is 3.65. The Balaban J connectivity index is 1.40. The van der Waals surface area contributed by atoms with Gasteiger partial charge in [0.15, 0.2) is 11.3 Å². The zero-order valence-corrected chi connectivity index (χ0v) is 21.2. The van der Waals surface area contributed by atoms with Crippen LogP contribution in [0.2, 0.25) is 5.02 Å². The molecule has 0 aliphatic carbocycles. The molecule has 0 saturated heterocycles. The molecule has 5 aromatic rings. The third-order valence-corrected chi connectivity index (χ3v) is 7.62. The Morgan fingerprint density at radius 2 is 1.88 bits per heavy atom. The molecule has 1 N–H and O–H groups in total. The van der Waals surface area contributed by atoms with Crippen molar-refractivity contribution in [3.8, 4) is 11.1 Å². The molecular formula is C27H18ClF4N7O. The molecule has 0 fully saturated rings. The van der Waals surface area contributed by atoms with Gasteiger partial charge in [-0.05, 0) is 48.0 Å². The summed E-state index contributed by atoms with van der Waals surface area (Å²) in [5.74, 6) is -0.636. The van der Waals surface area contributed by atoms with Crippen LogP contribution in [0.25, 0.3) is 16.8 Å². The number of nitrogens with zero attached hydrogens (tertiary/aromatic N) is 6. The molecule has 40 heavy (non-hydrogen) atoms. The van der Waals surface area contributed by atoms with Gasteiger partial charge in [0.1, 0.15) is 18.0 Å². The summed E-state index contributed by atoms with van der Waals surface area (Å²) in [6, 6.07) is 10.4. The van der Waals surface area contributed by atoms with Gasteiger partial charge in [-0.3, -0.25) is 4.79 Å². The van der Waals surface area contributed by atoms with E-state index in [-0.39, 0.29) is 29.8 Å². The summed E-state index contributed by atoms with van der Waals surface area (Å²) in [5.41, 5.74) is 3.05. The van der Waals surface area contributed by atoms with E-state index in [1.807, 2.05) is 17.0 Å². The van der Waals surface area contributed by atoms with Crippen LogP contribution in [0.4, 0.5) is 23.2 Å². The first kappa shape index (κ1) is 24.6. The van der Waals surface area contributed by atoms with Crippen LogP contribution < -0.4 is 10.2 Å². The number of anilines is 1.